The number of ether oxygens (including phenoxy) is 2. The number of halogens is 3. The van der Waals surface area contributed by atoms with Crippen molar-refractivity contribution < 1.29 is 32.9 Å². The quantitative estimate of drug-likeness (QED) is 0.644. The Kier molecular flexibility index (Phi) is 5.48. The van der Waals surface area contributed by atoms with E-state index in [0.29, 0.717) is 10.9 Å². The first-order chi connectivity index (χ1) is 12.6. The largest absolute Gasteiger partial charge is 0.478 e. The van der Waals surface area contributed by atoms with Crippen molar-refractivity contribution in [1.82, 2.24) is 4.90 Å². The Balaban J connectivity index is 1.84. The number of hydrogen-bond donors (Lipinski definition) is 3. The van der Waals surface area contributed by atoms with Crippen LogP contribution in [0.4, 0.5) is 18.9 Å². The summed E-state index contributed by atoms with van der Waals surface area (Å²) in [7, 11) is 3.43. The van der Waals surface area contributed by atoms with Crippen LogP contribution in [0.25, 0.3) is 0 Å². The number of benzene rings is 1. The van der Waals surface area contributed by atoms with Gasteiger partial charge in [0.05, 0.1) is 0 Å². The summed E-state index contributed by atoms with van der Waals surface area (Å²) in [6.07, 6.45) is -12.5. The van der Waals surface area contributed by atoms with E-state index in [4.69, 9.17) is 15.2 Å². The zero-order valence-corrected chi connectivity index (χ0v) is 15.3. The van der Waals surface area contributed by atoms with Crippen molar-refractivity contribution in [3.8, 4) is 5.75 Å². The molecular formula is C16H20F3N3O4S. The van der Waals surface area contributed by atoms with E-state index in [-0.39, 0.29) is 5.75 Å². The average molecular weight is 407 g/mol. The monoisotopic (exact) mass is 407 g/mol. The highest BCUT2D eigenvalue weighted by molar-refractivity contribution is 8.14. The van der Waals surface area contributed by atoms with Crippen molar-refractivity contribution >= 4 is 22.6 Å². The number of nitrogens with two attached hydrogens (primary N) is 1. The van der Waals surface area contributed by atoms with Crippen molar-refractivity contribution in [1.29, 1.82) is 0 Å². The minimum absolute atomic E-state index is 0.0803. The summed E-state index contributed by atoms with van der Waals surface area (Å²) in [4.78, 5) is 5.88. The lowest BCUT2D eigenvalue weighted by Gasteiger charge is -2.41. The lowest BCUT2D eigenvalue weighted by molar-refractivity contribution is -0.263. The van der Waals surface area contributed by atoms with Crippen molar-refractivity contribution in [3.63, 3.8) is 0 Å². The molecule has 1 aromatic carbocycles. The first-order valence-corrected chi connectivity index (χ1v) is 8.98. The lowest BCUT2D eigenvalue weighted by Crippen LogP contribution is -2.62. The smallest absolute Gasteiger partial charge is 0.428 e. The van der Waals surface area contributed by atoms with Crippen LogP contribution in [-0.4, -0.2) is 76.4 Å². The Labute approximate surface area is 157 Å². The lowest BCUT2D eigenvalue weighted by atomic mass is 9.94. The minimum atomic E-state index is -4.84. The molecule has 0 amide bonds. The van der Waals surface area contributed by atoms with Crippen LogP contribution in [0.2, 0.25) is 0 Å². The number of nitrogens with zero attached hydrogens (tertiary/aromatic N) is 2. The van der Waals surface area contributed by atoms with Gasteiger partial charge in [0.2, 0.25) is 6.10 Å². The number of thioether (sulfide) groups is 1. The highest BCUT2D eigenvalue weighted by atomic mass is 32.2. The summed E-state index contributed by atoms with van der Waals surface area (Å²) in [5.41, 5.74) is 5.04. The predicted molar refractivity (Wildman–Crippen MR) is 94.5 cm³/mol. The summed E-state index contributed by atoms with van der Waals surface area (Å²) in [5, 5.41) is 21.1. The molecule has 1 aromatic rings. The van der Waals surface area contributed by atoms with E-state index in [1.54, 1.807) is 19.0 Å². The molecule has 4 N–H and O–H groups in total. The molecule has 27 heavy (non-hydrogen) atoms. The number of alkyl halides is 3. The van der Waals surface area contributed by atoms with Crippen LogP contribution < -0.4 is 10.5 Å². The highest BCUT2D eigenvalue weighted by Crippen LogP contribution is 2.41. The molecule has 3 rings (SSSR count). The van der Waals surface area contributed by atoms with E-state index >= 15 is 0 Å². The van der Waals surface area contributed by atoms with E-state index in [1.165, 1.54) is 24.3 Å². The molecule has 2 aliphatic rings. The Hall–Kier alpha value is -1.69. The minimum Gasteiger partial charge on any atom is -0.478 e. The van der Waals surface area contributed by atoms with E-state index < -0.39 is 42.1 Å². The van der Waals surface area contributed by atoms with Gasteiger partial charge in [-0.25, -0.2) is 0 Å². The van der Waals surface area contributed by atoms with E-state index in [2.05, 4.69) is 4.99 Å². The summed E-state index contributed by atoms with van der Waals surface area (Å²) >= 11 is 1.09. The molecule has 0 unspecified atom stereocenters. The summed E-state index contributed by atoms with van der Waals surface area (Å²) in [6.45, 7) is 0. The maximum absolute atomic E-state index is 13.7. The maximum Gasteiger partial charge on any atom is 0.428 e. The zero-order chi connectivity index (χ0) is 19.9. The second kappa shape index (κ2) is 7.38. The van der Waals surface area contributed by atoms with Crippen LogP contribution >= 0.6 is 11.8 Å². The Morgan fingerprint density at radius 2 is 1.85 bits per heavy atom. The standard InChI is InChI=1S/C16H20F3N3O4S/c1-22(2)15-21-9-10(23)11(24)12(26-14(9)27-15)13(16(17,18)19)25-8-5-3-7(20)4-6-8/h3-6,9-14,23-24H,20H2,1-2H3/t9-,10-,11+,12+,13-,14-/m1/s1. The number of hydrogen-bond acceptors (Lipinski definition) is 8. The van der Waals surface area contributed by atoms with Crippen molar-refractivity contribution in [2.45, 2.75) is 42.1 Å². The Morgan fingerprint density at radius 1 is 1.22 bits per heavy atom. The van der Waals surface area contributed by atoms with Crippen molar-refractivity contribution in [2.75, 3.05) is 19.8 Å². The van der Waals surface area contributed by atoms with Crippen LogP contribution in [0.15, 0.2) is 29.3 Å². The molecule has 11 heteroatoms. The molecular weight excluding hydrogens is 387 g/mol. The fraction of sp³-hybridized carbons (Fsp3) is 0.562. The fourth-order valence-electron chi connectivity index (χ4n) is 2.85. The molecule has 0 saturated carbocycles. The van der Waals surface area contributed by atoms with Gasteiger partial charge in [0, 0.05) is 19.8 Å². The molecule has 7 nitrogen and oxygen atoms in total. The van der Waals surface area contributed by atoms with Gasteiger partial charge < -0.3 is 30.3 Å². The number of rotatable bonds is 3. The van der Waals surface area contributed by atoms with Gasteiger partial charge in [-0.15, -0.1) is 0 Å². The maximum atomic E-state index is 13.7. The van der Waals surface area contributed by atoms with Gasteiger partial charge >= 0.3 is 6.18 Å². The van der Waals surface area contributed by atoms with Gasteiger partial charge in [-0.3, -0.25) is 4.99 Å². The second-order valence-electron chi connectivity index (χ2n) is 6.51. The normalized spacial score (nSPS) is 31.8. The van der Waals surface area contributed by atoms with Gasteiger partial charge in [-0.05, 0) is 24.3 Å². The molecule has 2 aliphatic heterocycles. The van der Waals surface area contributed by atoms with Gasteiger partial charge in [-0.2, -0.15) is 13.2 Å². The number of fused-ring (bicyclic) bond motifs is 1. The first-order valence-electron chi connectivity index (χ1n) is 8.10. The van der Waals surface area contributed by atoms with Crippen molar-refractivity contribution in [2.24, 2.45) is 4.99 Å². The number of aliphatic hydroxyl groups is 2. The number of aliphatic hydroxyl groups excluding tert-OH is 2. The molecule has 0 radical (unpaired) electrons. The molecule has 0 bridgehead atoms. The van der Waals surface area contributed by atoms with Gasteiger partial charge in [0.25, 0.3) is 0 Å². The van der Waals surface area contributed by atoms with Crippen LogP contribution in [0.1, 0.15) is 0 Å². The van der Waals surface area contributed by atoms with Crippen LogP contribution in [0, 0.1) is 0 Å². The average Bonchev–Trinajstić information content (AvgIpc) is 3.01. The van der Waals surface area contributed by atoms with E-state index in [0.717, 1.165) is 11.8 Å². The first kappa shape index (κ1) is 20.1. The molecule has 150 valence electrons. The summed E-state index contributed by atoms with van der Waals surface area (Å²) in [5.74, 6) is -0.0803. The predicted octanol–water partition coefficient (Wildman–Crippen LogP) is 1.06. The fourth-order valence-corrected chi connectivity index (χ4v) is 4.00. The topological polar surface area (TPSA) is 101 Å². The number of amidine groups is 1. The number of aliphatic imine (C=N–C) groups is 1. The molecule has 6 atom stereocenters. The van der Waals surface area contributed by atoms with Gasteiger partial charge in [0.1, 0.15) is 35.5 Å². The molecule has 1 fully saturated rings. The molecule has 0 aliphatic carbocycles. The number of anilines is 1. The van der Waals surface area contributed by atoms with Crippen LogP contribution in [0.5, 0.6) is 5.75 Å². The third kappa shape index (κ3) is 4.10. The highest BCUT2D eigenvalue weighted by Gasteiger charge is 2.57. The third-order valence-corrected chi connectivity index (χ3v) is 5.54. The summed E-state index contributed by atoms with van der Waals surface area (Å²) < 4.78 is 51.5. The van der Waals surface area contributed by atoms with Gasteiger partial charge in [-0.1, -0.05) is 11.8 Å². The SMILES string of the molecule is CN(C)C1=N[C@@H]2[C@@H](O)[C@H](O)[C@@H]([C@@H](Oc3ccc(N)cc3)C(F)(F)F)O[C@@H]2S1. The molecule has 2 heterocycles. The molecule has 0 aromatic heterocycles. The van der Waals surface area contributed by atoms with E-state index in [9.17, 15) is 23.4 Å². The van der Waals surface area contributed by atoms with E-state index in [1.807, 2.05) is 0 Å². The van der Waals surface area contributed by atoms with Crippen LogP contribution in [-0.2, 0) is 4.74 Å². The van der Waals surface area contributed by atoms with Crippen molar-refractivity contribution in [3.05, 3.63) is 24.3 Å². The molecule has 0 spiro atoms. The number of nitrogen functional groups attached to an aromatic ring is 1. The Morgan fingerprint density at radius 3 is 2.41 bits per heavy atom. The summed E-state index contributed by atoms with van der Waals surface area (Å²) in [6, 6.07) is 4.52. The van der Waals surface area contributed by atoms with Crippen LogP contribution in [0.3, 0.4) is 0 Å². The second-order valence-corrected chi connectivity index (χ2v) is 7.58. The van der Waals surface area contributed by atoms with Gasteiger partial charge in [0.15, 0.2) is 5.17 Å². The zero-order valence-electron chi connectivity index (χ0n) is 14.5. The Bertz CT molecular complexity index is 701. The molecule has 1 saturated heterocycles. The third-order valence-electron chi connectivity index (χ3n) is 4.23.